The van der Waals surface area contributed by atoms with Gasteiger partial charge < -0.3 is 5.32 Å². The van der Waals surface area contributed by atoms with Gasteiger partial charge in [-0.15, -0.1) is 11.3 Å². The third kappa shape index (κ3) is 4.66. The van der Waals surface area contributed by atoms with Crippen LogP contribution in [-0.4, -0.2) is 17.3 Å². The van der Waals surface area contributed by atoms with Gasteiger partial charge in [0.2, 0.25) is 0 Å². The zero-order valence-electron chi connectivity index (χ0n) is 8.43. The van der Waals surface area contributed by atoms with E-state index >= 15 is 0 Å². The lowest BCUT2D eigenvalue weighted by Crippen LogP contribution is -2.24. The van der Waals surface area contributed by atoms with E-state index in [1.54, 1.807) is 0 Å². The molecule has 5 heteroatoms. The summed E-state index contributed by atoms with van der Waals surface area (Å²) in [4.78, 5) is 12.9. The summed E-state index contributed by atoms with van der Waals surface area (Å²) in [5, 5.41) is 4.80. The first-order valence-electron chi connectivity index (χ1n) is 4.76. The predicted octanol–water partition coefficient (Wildman–Crippen LogP) is 3.80. The molecule has 0 aliphatic heterocycles. The molecule has 1 unspecified atom stereocenters. The van der Waals surface area contributed by atoms with Crippen molar-refractivity contribution in [3.05, 3.63) is 20.8 Å². The minimum Gasteiger partial charge on any atom is -0.351 e. The van der Waals surface area contributed by atoms with Gasteiger partial charge in [-0.3, -0.25) is 4.79 Å². The maximum atomic E-state index is 11.6. The SMILES string of the molecule is CC(Br)CCCNC(=O)c1sccc1Br. The van der Waals surface area contributed by atoms with Crippen molar-refractivity contribution in [1.82, 2.24) is 5.32 Å². The summed E-state index contributed by atoms with van der Waals surface area (Å²) >= 11 is 8.27. The molecule has 15 heavy (non-hydrogen) atoms. The fourth-order valence-electron chi connectivity index (χ4n) is 1.12. The standard InChI is InChI=1S/C10H13Br2NOS/c1-7(11)3-2-5-13-10(14)9-8(12)4-6-15-9/h4,6-7H,2-3,5H2,1H3,(H,13,14). The van der Waals surface area contributed by atoms with Gasteiger partial charge in [0.25, 0.3) is 5.91 Å². The Hall–Kier alpha value is 0.130. The lowest BCUT2D eigenvalue weighted by Gasteiger charge is -2.05. The van der Waals surface area contributed by atoms with Crippen LogP contribution in [0.2, 0.25) is 0 Å². The van der Waals surface area contributed by atoms with Crippen LogP contribution in [0.1, 0.15) is 29.4 Å². The molecule has 0 saturated carbocycles. The van der Waals surface area contributed by atoms with E-state index in [4.69, 9.17) is 0 Å². The number of nitrogens with one attached hydrogen (secondary N) is 1. The van der Waals surface area contributed by atoms with Gasteiger partial charge in [0, 0.05) is 15.8 Å². The molecule has 1 amide bonds. The van der Waals surface area contributed by atoms with Crippen LogP contribution in [0.4, 0.5) is 0 Å². The molecule has 0 bridgehead atoms. The number of hydrogen-bond donors (Lipinski definition) is 1. The Kier molecular flexibility index (Phi) is 5.86. The van der Waals surface area contributed by atoms with E-state index in [2.05, 4.69) is 44.1 Å². The number of thiophene rings is 1. The molecule has 0 aliphatic rings. The lowest BCUT2D eigenvalue weighted by molar-refractivity contribution is 0.0956. The Balaban J connectivity index is 2.28. The smallest absolute Gasteiger partial charge is 0.262 e. The third-order valence-corrected chi connectivity index (χ3v) is 4.18. The molecule has 0 fully saturated rings. The van der Waals surface area contributed by atoms with Crippen molar-refractivity contribution in [2.75, 3.05) is 6.54 Å². The predicted molar refractivity (Wildman–Crippen MR) is 72.0 cm³/mol. The molecule has 1 aromatic heterocycles. The van der Waals surface area contributed by atoms with Crippen LogP contribution in [0.5, 0.6) is 0 Å². The van der Waals surface area contributed by atoms with Crippen LogP contribution in [-0.2, 0) is 0 Å². The van der Waals surface area contributed by atoms with E-state index in [-0.39, 0.29) is 5.91 Å². The molecule has 0 radical (unpaired) electrons. The average Bonchev–Trinajstić information content (AvgIpc) is 2.58. The Bertz CT molecular complexity index is 325. The minimum absolute atomic E-state index is 0.0131. The Morgan fingerprint density at radius 3 is 2.93 bits per heavy atom. The summed E-state index contributed by atoms with van der Waals surface area (Å²) in [6.45, 7) is 2.84. The molecule has 0 saturated heterocycles. The largest absolute Gasteiger partial charge is 0.351 e. The maximum absolute atomic E-state index is 11.6. The van der Waals surface area contributed by atoms with Crippen molar-refractivity contribution < 1.29 is 4.79 Å². The lowest BCUT2D eigenvalue weighted by atomic mass is 10.2. The summed E-state index contributed by atoms with van der Waals surface area (Å²) in [7, 11) is 0. The highest BCUT2D eigenvalue weighted by Crippen LogP contribution is 2.22. The average molecular weight is 355 g/mol. The number of carbonyl (C=O) groups excluding carboxylic acids is 1. The molecule has 1 atom stereocenters. The first-order chi connectivity index (χ1) is 7.11. The van der Waals surface area contributed by atoms with Gasteiger partial charge >= 0.3 is 0 Å². The second-order valence-electron chi connectivity index (χ2n) is 3.28. The van der Waals surface area contributed by atoms with E-state index < -0.39 is 0 Å². The zero-order valence-corrected chi connectivity index (χ0v) is 12.4. The second-order valence-corrected chi connectivity index (χ2v) is 6.61. The quantitative estimate of drug-likeness (QED) is 0.632. The molecule has 0 aliphatic carbocycles. The van der Waals surface area contributed by atoms with E-state index in [0.29, 0.717) is 4.83 Å². The number of halogens is 2. The molecule has 1 heterocycles. The molecule has 84 valence electrons. The summed E-state index contributed by atoms with van der Waals surface area (Å²) in [6, 6.07) is 1.89. The molecular weight excluding hydrogens is 342 g/mol. The highest BCUT2D eigenvalue weighted by atomic mass is 79.9. The first-order valence-corrected chi connectivity index (χ1v) is 7.35. The number of alkyl halides is 1. The Labute approximate surface area is 111 Å². The van der Waals surface area contributed by atoms with Gasteiger partial charge in [0.15, 0.2) is 0 Å². The number of amides is 1. The monoisotopic (exact) mass is 353 g/mol. The Morgan fingerprint density at radius 1 is 1.67 bits per heavy atom. The van der Waals surface area contributed by atoms with Crippen molar-refractivity contribution in [2.45, 2.75) is 24.6 Å². The van der Waals surface area contributed by atoms with E-state index in [0.717, 1.165) is 28.7 Å². The van der Waals surface area contributed by atoms with Gasteiger partial charge in [0.05, 0.1) is 0 Å². The second kappa shape index (κ2) is 6.66. The molecule has 1 aromatic rings. The van der Waals surface area contributed by atoms with Crippen LogP contribution < -0.4 is 5.32 Å². The fourth-order valence-corrected chi connectivity index (χ4v) is 2.91. The zero-order chi connectivity index (χ0) is 11.3. The number of rotatable bonds is 5. The third-order valence-electron chi connectivity index (χ3n) is 1.89. The van der Waals surface area contributed by atoms with Gasteiger partial charge in [-0.2, -0.15) is 0 Å². The molecule has 2 nitrogen and oxygen atoms in total. The molecule has 0 spiro atoms. The van der Waals surface area contributed by atoms with Crippen LogP contribution in [0.3, 0.4) is 0 Å². The first kappa shape index (κ1) is 13.2. The van der Waals surface area contributed by atoms with Crippen molar-refractivity contribution in [2.24, 2.45) is 0 Å². The van der Waals surface area contributed by atoms with Gasteiger partial charge in [-0.25, -0.2) is 0 Å². The van der Waals surface area contributed by atoms with E-state index in [9.17, 15) is 4.79 Å². The number of carbonyl (C=O) groups is 1. The van der Waals surface area contributed by atoms with Gasteiger partial charge in [-0.1, -0.05) is 22.9 Å². The minimum atomic E-state index is 0.0131. The molecule has 1 rings (SSSR count). The summed E-state index contributed by atoms with van der Waals surface area (Å²) in [6.07, 6.45) is 2.08. The van der Waals surface area contributed by atoms with Gasteiger partial charge in [-0.05, 0) is 40.2 Å². The number of hydrogen-bond acceptors (Lipinski definition) is 2. The highest BCUT2D eigenvalue weighted by molar-refractivity contribution is 9.10. The topological polar surface area (TPSA) is 29.1 Å². The van der Waals surface area contributed by atoms with Crippen LogP contribution >= 0.6 is 43.2 Å². The maximum Gasteiger partial charge on any atom is 0.262 e. The van der Waals surface area contributed by atoms with Crippen LogP contribution in [0.25, 0.3) is 0 Å². The summed E-state index contributed by atoms with van der Waals surface area (Å²) in [5.74, 6) is 0.0131. The molecule has 1 N–H and O–H groups in total. The highest BCUT2D eigenvalue weighted by Gasteiger charge is 2.10. The van der Waals surface area contributed by atoms with Crippen molar-refractivity contribution >= 4 is 49.1 Å². The summed E-state index contributed by atoms with van der Waals surface area (Å²) in [5.41, 5.74) is 0. The fraction of sp³-hybridized carbons (Fsp3) is 0.500. The summed E-state index contributed by atoms with van der Waals surface area (Å²) < 4.78 is 0.874. The van der Waals surface area contributed by atoms with Crippen molar-refractivity contribution in [3.8, 4) is 0 Å². The van der Waals surface area contributed by atoms with Crippen molar-refractivity contribution in [3.63, 3.8) is 0 Å². The normalized spacial score (nSPS) is 12.5. The molecular formula is C10H13Br2NOS. The molecule has 0 aromatic carbocycles. The van der Waals surface area contributed by atoms with Crippen LogP contribution in [0, 0.1) is 0 Å². The van der Waals surface area contributed by atoms with E-state index in [1.807, 2.05) is 11.4 Å². The Morgan fingerprint density at radius 2 is 2.40 bits per heavy atom. The van der Waals surface area contributed by atoms with Crippen molar-refractivity contribution in [1.29, 1.82) is 0 Å². The van der Waals surface area contributed by atoms with Crippen LogP contribution in [0.15, 0.2) is 15.9 Å². The van der Waals surface area contributed by atoms with Gasteiger partial charge in [0.1, 0.15) is 4.88 Å². The van der Waals surface area contributed by atoms with E-state index in [1.165, 1.54) is 11.3 Å².